The topological polar surface area (TPSA) is 49.3 Å². The van der Waals surface area contributed by atoms with E-state index in [0.717, 1.165) is 6.42 Å². The summed E-state index contributed by atoms with van der Waals surface area (Å²) in [6.07, 6.45) is 0.867. The van der Waals surface area contributed by atoms with Crippen molar-refractivity contribution in [3.05, 3.63) is 59.1 Å². The molecule has 4 heteroatoms. The molecule has 2 atom stereocenters. The highest BCUT2D eigenvalue weighted by atomic mass is 35.5. The molecule has 20 heavy (non-hydrogen) atoms. The number of anilines is 1. The number of phenolic OH excluding ortho intramolecular Hbond substituents is 1. The lowest BCUT2D eigenvalue weighted by Gasteiger charge is -2.07. The molecule has 0 spiro atoms. The Morgan fingerprint density at radius 3 is 2.65 bits per heavy atom. The number of aromatic hydroxyl groups is 1. The quantitative estimate of drug-likeness (QED) is 0.844. The molecule has 1 saturated carbocycles. The van der Waals surface area contributed by atoms with Crippen LogP contribution in [0.2, 0.25) is 5.02 Å². The van der Waals surface area contributed by atoms with E-state index in [1.807, 2.05) is 30.3 Å². The molecule has 102 valence electrons. The zero-order valence-electron chi connectivity index (χ0n) is 10.7. The average Bonchev–Trinajstić information content (AvgIpc) is 3.23. The normalized spacial score (nSPS) is 20.4. The zero-order chi connectivity index (χ0) is 14.1. The summed E-state index contributed by atoms with van der Waals surface area (Å²) < 4.78 is 0. The molecule has 1 amide bonds. The van der Waals surface area contributed by atoms with E-state index in [-0.39, 0.29) is 17.6 Å². The minimum Gasteiger partial charge on any atom is -0.508 e. The van der Waals surface area contributed by atoms with Gasteiger partial charge >= 0.3 is 0 Å². The Morgan fingerprint density at radius 1 is 1.20 bits per heavy atom. The molecule has 0 radical (unpaired) electrons. The van der Waals surface area contributed by atoms with Gasteiger partial charge in [0.15, 0.2) is 0 Å². The zero-order valence-corrected chi connectivity index (χ0v) is 11.5. The van der Waals surface area contributed by atoms with Gasteiger partial charge in [0.05, 0.1) is 10.7 Å². The maximum absolute atomic E-state index is 12.2. The van der Waals surface area contributed by atoms with Crippen LogP contribution in [0.15, 0.2) is 48.5 Å². The Morgan fingerprint density at radius 2 is 1.95 bits per heavy atom. The number of hydrogen-bond acceptors (Lipinski definition) is 2. The molecule has 3 nitrogen and oxygen atoms in total. The van der Waals surface area contributed by atoms with Crippen LogP contribution in [0.4, 0.5) is 5.69 Å². The first kappa shape index (κ1) is 13.0. The molecule has 1 aliphatic carbocycles. The number of hydrogen-bond donors (Lipinski definition) is 2. The lowest BCUT2D eigenvalue weighted by molar-refractivity contribution is -0.117. The predicted molar refractivity (Wildman–Crippen MR) is 79.0 cm³/mol. The van der Waals surface area contributed by atoms with Gasteiger partial charge in [-0.3, -0.25) is 4.79 Å². The van der Waals surface area contributed by atoms with Gasteiger partial charge in [-0.1, -0.05) is 41.9 Å². The fourth-order valence-electron chi connectivity index (χ4n) is 2.38. The highest BCUT2D eigenvalue weighted by Gasteiger charge is 2.43. The molecule has 0 aromatic heterocycles. The van der Waals surface area contributed by atoms with E-state index in [1.54, 1.807) is 6.07 Å². The minimum absolute atomic E-state index is 0.00210. The van der Waals surface area contributed by atoms with Crippen molar-refractivity contribution in [2.24, 2.45) is 5.92 Å². The van der Waals surface area contributed by atoms with Crippen molar-refractivity contribution in [2.75, 3.05) is 5.32 Å². The number of benzene rings is 2. The van der Waals surface area contributed by atoms with Crippen LogP contribution in [0.5, 0.6) is 5.75 Å². The Balaban J connectivity index is 1.67. The van der Waals surface area contributed by atoms with Gasteiger partial charge in [-0.15, -0.1) is 0 Å². The van der Waals surface area contributed by atoms with Crippen molar-refractivity contribution in [1.29, 1.82) is 0 Å². The largest absolute Gasteiger partial charge is 0.508 e. The second-order valence-corrected chi connectivity index (χ2v) is 5.42. The number of halogens is 1. The molecule has 0 aliphatic heterocycles. The maximum atomic E-state index is 12.2. The van der Waals surface area contributed by atoms with Crippen LogP contribution in [0.1, 0.15) is 17.9 Å². The summed E-state index contributed by atoms with van der Waals surface area (Å²) in [6, 6.07) is 14.6. The third-order valence-electron chi connectivity index (χ3n) is 3.57. The van der Waals surface area contributed by atoms with E-state index in [1.165, 1.54) is 17.7 Å². The molecule has 2 N–H and O–H groups in total. The Labute approximate surface area is 122 Å². The van der Waals surface area contributed by atoms with Gasteiger partial charge in [-0.2, -0.15) is 0 Å². The minimum atomic E-state index is -0.0218. The molecule has 3 rings (SSSR count). The predicted octanol–water partition coefficient (Wildman–Crippen LogP) is 3.79. The Kier molecular flexibility index (Phi) is 3.36. The first-order valence-corrected chi connectivity index (χ1v) is 6.87. The third-order valence-corrected chi connectivity index (χ3v) is 3.88. The second kappa shape index (κ2) is 5.17. The van der Waals surface area contributed by atoms with Crippen molar-refractivity contribution in [2.45, 2.75) is 12.3 Å². The van der Waals surface area contributed by atoms with Crippen molar-refractivity contribution >= 4 is 23.2 Å². The van der Waals surface area contributed by atoms with Crippen molar-refractivity contribution in [3.8, 4) is 5.75 Å². The van der Waals surface area contributed by atoms with Gasteiger partial charge in [0, 0.05) is 12.0 Å². The van der Waals surface area contributed by atoms with Gasteiger partial charge in [-0.05, 0) is 30.0 Å². The van der Waals surface area contributed by atoms with Gasteiger partial charge in [0.1, 0.15) is 5.75 Å². The lowest BCUT2D eigenvalue weighted by atomic mass is 10.1. The highest BCUT2D eigenvalue weighted by molar-refractivity contribution is 6.33. The number of amides is 1. The van der Waals surface area contributed by atoms with Gasteiger partial charge < -0.3 is 10.4 Å². The van der Waals surface area contributed by atoms with E-state index in [9.17, 15) is 9.90 Å². The summed E-state index contributed by atoms with van der Waals surface area (Å²) in [5, 5.41) is 12.4. The van der Waals surface area contributed by atoms with Gasteiger partial charge in [0.25, 0.3) is 0 Å². The lowest BCUT2D eigenvalue weighted by Crippen LogP contribution is -2.14. The average molecular weight is 288 g/mol. The summed E-state index contributed by atoms with van der Waals surface area (Å²) >= 11 is 5.98. The molecule has 0 heterocycles. The van der Waals surface area contributed by atoms with Gasteiger partial charge in [-0.25, -0.2) is 0 Å². The van der Waals surface area contributed by atoms with Crippen LogP contribution in [0.3, 0.4) is 0 Å². The third kappa shape index (κ3) is 2.63. The molecule has 0 bridgehead atoms. The summed E-state index contributed by atoms with van der Waals surface area (Å²) in [5.74, 6) is 0.363. The van der Waals surface area contributed by atoms with Crippen molar-refractivity contribution in [3.63, 3.8) is 0 Å². The summed E-state index contributed by atoms with van der Waals surface area (Å²) in [6.45, 7) is 0. The van der Waals surface area contributed by atoms with Crippen molar-refractivity contribution < 1.29 is 9.90 Å². The van der Waals surface area contributed by atoms with Crippen LogP contribution in [0.25, 0.3) is 0 Å². The van der Waals surface area contributed by atoms with Gasteiger partial charge in [0.2, 0.25) is 5.91 Å². The summed E-state index contributed by atoms with van der Waals surface area (Å²) in [5.41, 5.74) is 1.73. The summed E-state index contributed by atoms with van der Waals surface area (Å²) in [4.78, 5) is 12.2. The number of nitrogens with one attached hydrogen (secondary N) is 1. The number of rotatable bonds is 3. The molecule has 2 aromatic rings. The molecule has 2 aromatic carbocycles. The van der Waals surface area contributed by atoms with Crippen LogP contribution in [-0.4, -0.2) is 11.0 Å². The van der Waals surface area contributed by atoms with E-state index in [2.05, 4.69) is 5.32 Å². The fourth-order valence-corrected chi connectivity index (χ4v) is 2.61. The number of carbonyl (C=O) groups excluding carboxylic acids is 1. The number of phenols is 1. The van der Waals surface area contributed by atoms with Crippen molar-refractivity contribution in [1.82, 2.24) is 0 Å². The molecular formula is C16H14ClNO2. The van der Waals surface area contributed by atoms with E-state index in [0.29, 0.717) is 16.6 Å². The second-order valence-electron chi connectivity index (χ2n) is 5.01. The first-order valence-electron chi connectivity index (χ1n) is 6.49. The SMILES string of the molecule is O=C(Nc1ccc(O)cc1Cl)C1CC1c1ccccc1. The monoisotopic (exact) mass is 287 g/mol. The molecular weight excluding hydrogens is 274 g/mol. The van der Waals surface area contributed by atoms with Crippen LogP contribution >= 0.6 is 11.6 Å². The Hall–Kier alpha value is -2.00. The first-order chi connectivity index (χ1) is 9.65. The molecule has 1 fully saturated rings. The smallest absolute Gasteiger partial charge is 0.228 e. The van der Waals surface area contributed by atoms with E-state index in [4.69, 9.17) is 11.6 Å². The molecule has 2 unspecified atom stereocenters. The van der Waals surface area contributed by atoms with Crippen LogP contribution in [-0.2, 0) is 4.79 Å². The Bertz CT molecular complexity index is 642. The molecule has 0 saturated heterocycles. The van der Waals surface area contributed by atoms with E-state index < -0.39 is 0 Å². The van der Waals surface area contributed by atoms with E-state index >= 15 is 0 Å². The maximum Gasteiger partial charge on any atom is 0.228 e. The molecule has 1 aliphatic rings. The highest BCUT2D eigenvalue weighted by Crippen LogP contribution is 2.48. The van der Waals surface area contributed by atoms with Crippen LogP contribution in [0, 0.1) is 5.92 Å². The standard InChI is InChI=1S/C16H14ClNO2/c17-14-8-11(19)6-7-15(14)18-16(20)13-9-12(13)10-4-2-1-3-5-10/h1-8,12-13,19H,9H2,(H,18,20). The van der Waals surface area contributed by atoms with Crippen LogP contribution < -0.4 is 5.32 Å². The summed E-state index contributed by atoms with van der Waals surface area (Å²) in [7, 11) is 0. The fraction of sp³-hybridized carbons (Fsp3) is 0.188. The number of carbonyl (C=O) groups is 1.